The summed E-state index contributed by atoms with van der Waals surface area (Å²) in [5.74, 6) is 0.198. The number of Topliss-reactive ketones (excluding diaryl/α,β-unsaturated/α-hetero) is 1. The van der Waals surface area contributed by atoms with E-state index in [2.05, 4.69) is 15.5 Å². The second kappa shape index (κ2) is 9.29. The highest BCUT2D eigenvalue weighted by Gasteiger charge is 2.35. The lowest BCUT2D eigenvalue weighted by Gasteiger charge is -2.17. The van der Waals surface area contributed by atoms with Crippen molar-refractivity contribution in [3.8, 4) is 0 Å². The van der Waals surface area contributed by atoms with Crippen LogP contribution in [0.2, 0.25) is 0 Å². The van der Waals surface area contributed by atoms with Crippen LogP contribution in [0.5, 0.6) is 0 Å². The smallest absolute Gasteiger partial charge is 0.228 e. The molecule has 0 radical (unpaired) electrons. The minimum Gasteiger partial charge on any atom is -0.326 e. The van der Waals surface area contributed by atoms with E-state index >= 15 is 0 Å². The van der Waals surface area contributed by atoms with Crippen molar-refractivity contribution in [2.45, 2.75) is 49.9 Å². The van der Waals surface area contributed by atoms with Gasteiger partial charge in [-0.15, -0.1) is 10.2 Å². The van der Waals surface area contributed by atoms with Gasteiger partial charge in [0.1, 0.15) is 0 Å². The molecule has 28 heavy (non-hydrogen) atoms. The number of rotatable bonds is 9. The second-order valence-electron chi connectivity index (χ2n) is 6.39. The van der Waals surface area contributed by atoms with Gasteiger partial charge in [-0.3, -0.25) is 19.3 Å². The summed E-state index contributed by atoms with van der Waals surface area (Å²) in [6.07, 6.45) is 2.84. The number of hydrogen-bond donors (Lipinski definition) is 1. The number of nitrogens with one attached hydrogen (secondary N) is 1. The molecule has 1 fully saturated rings. The number of anilines is 2. The van der Waals surface area contributed by atoms with Gasteiger partial charge in [0.05, 0.1) is 5.75 Å². The molecule has 1 heterocycles. The van der Waals surface area contributed by atoms with Crippen molar-refractivity contribution in [1.29, 1.82) is 0 Å². The molecule has 0 spiro atoms. The lowest BCUT2D eigenvalue weighted by molar-refractivity contribution is -0.118. The van der Waals surface area contributed by atoms with Crippen LogP contribution in [0.3, 0.4) is 0 Å². The molecule has 1 aliphatic rings. The van der Waals surface area contributed by atoms with Gasteiger partial charge in [-0.25, -0.2) is 0 Å². The summed E-state index contributed by atoms with van der Waals surface area (Å²) in [4.78, 5) is 37.7. The maximum absolute atomic E-state index is 12.4. The van der Waals surface area contributed by atoms with E-state index in [9.17, 15) is 14.4 Å². The molecule has 7 nitrogen and oxygen atoms in total. The van der Waals surface area contributed by atoms with Gasteiger partial charge in [0.2, 0.25) is 16.9 Å². The van der Waals surface area contributed by atoms with E-state index in [1.165, 1.54) is 23.1 Å². The number of amides is 2. The van der Waals surface area contributed by atoms with E-state index in [4.69, 9.17) is 0 Å². The van der Waals surface area contributed by atoms with Crippen LogP contribution in [-0.4, -0.2) is 39.6 Å². The predicted octanol–water partition coefficient (Wildman–Crippen LogP) is 3.77. The number of ketones is 1. The van der Waals surface area contributed by atoms with Crippen molar-refractivity contribution in [1.82, 2.24) is 10.2 Å². The second-order valence-corrected chi connectivity index (χ2v) is 8.57. The van der Waals surface area contributed by atoms with E-state index in [-0.39, 0.29) is 29.4 Å². The third kappa shape index (κ3) is 5.17. The summed E-state index contributed by atoms with van der Waals surface area (Å²) >= 11 is 2.67. The third-order valence-corrected chi connectivity index (χ3v) is 6.28. The Labute approximate surface area is 171 Å². The fourth-order valence-corrected chi connectivity index (χ4v) is 4.35. The number of nitrogens with zero attached hydrogens (tertiary/aromatic N) is 3. The summed E-state index contributed by atoms with van der Waals surface area (Å²) in [5.41, 5.74) is 1.25. The highest BCUT2D eigenvalue weighted by molar-refractivity contribution is 8.01. The summed E-state index contributed by atoms with van der Waals surface area (Å²) in [6.45, 7) is 3.62. The van der Waals surface area contributed by atoms with Crippen LogP contribution in [0.15, 0.2) is 28.6 Å². The third-order valence-electron chi connectivity index (χ3n) is 4.22. The molecule has 9 heteroatoms. The van der Waals surface area contributed by atoms with E-state index in [1.54, 1.807) is 36.1 Å². The Morgan fingerprint density at radius 2 is 1.86 bits per heavy atom. The fourth-order valence-electron chi connectivity index (χ4n) is 2.53. The lowest BCUT2D eigenvalue weighted by atomic mass is 10.1. The van der Waals surface area contributed by atoms with Gasteiger partial charge in [0.25, 0.3) is 0 Å². The molecule has 1 aromatic heterocycles. The molecule has 0 saturated heterocycles. The molecule has 1 saturated carbocycles. The van der Waals surface area contributed by atoms with Crippen molar-refractivity contribution in [3.05, 3.63) is 29.8 Å². The fraction of sp³-hybridized carbons (Fsp3) is 0.421. The highest BCUT2D eigenvalue weighted by atomic mass is 32.2. The molecular weight excluding hydrogens is 396 g/mol. The first-order chi connectivity index (χ1) is 13.5. The first-order valence-corrected chi connectivity index (χ1v) is 11.0. The molecular formula is C19H22N4O3S2. The van der Waals surface area contributed by atoms with Crippen LogP contribution in [0.4, 0.5) is 10.8 Å². The Hall–Kier alpha value is -2.26. The summed E-state index contributed by atoms with van der Waals surface area (Å²) in [5, 5.41) is 11.6. The Morgan fingerprint density at radius 1 is 1.14 bits per heavy atom. The number of carbonyl (C=O) groups excluding carboxylic acids is 3. The Bertz CT molecular complexity index is 862. The lowest BCUT2D eigenvalue weighted by Crippen LogP contribution is -2.32. The number of thioether (sulfide) groups is 1. The Morgan fingerprint density at radius 3 is 2.46 bits per heavy atom. The van der Waals surface area contributed by atoms with Crippen molar-refractivity contribution in [2.24, 2.45) is 0 Å². The Kier molecular flexibility index (Phi) is 6.79. The summed E-state index contributed by atoms with van der Waals surface area (Å²) in [7, 11) is 0. The monoisotopic (exact) mass is 418 g/mol. The maximum atomic E-state index is 12.4. The van der Waals surface area contributed by atoms with E-state index in [1.807, 2.05) is 6.92 Å². The van der Waals surface area contributed by atoms with Gasteiger partial charge < -0.3 is 5.32 Å². The van der Waals surface area contributed by atoms with Crippen LogP contribution in [0.25, 0.3) is 0 Å². The largest absolute Gasteiger partial charge is 0.326 e. The van der Waals surface area contributed by atoms with Crippen LogP contribution >= 0.6 is 23.1 Å². The topological polar surface area (TPSA) is 92.3 Å². The molecule has 0 aliphatic heterocycles. The number of aromatic nitrogens is 2. The van der Waals surface area contributed by atoms with Gasteiger partial charge in [0.15, 0.2) is 10.1 Å². The average molecular weight is 419 g/mol. The van der Waals surface area contributed by atoms with Gasteiger partial charge in [-0.05, 0) is 37.1 Å². The first kappa shape index (κ1) is 20.5. The number of benzene rings is 1. The molecule has 1 N–H and O–H groups in total. The van der Waals surface area contributed by atoms with Gasteiger partial charge in [-0.1, -0.05) is 36.9 Å². The molecule has 1 aromatic carbocycles. The van der Waals surface area contributed by atoms with E-state index in [0.29, 0.717) is 33.6 Å². The normalized spacial score (nSPS) is 13.2. The predicted molar refractivity (Wildman–Crippen MR) is 111 cm³/mol. The van der Waals surface area contributed by atoms with Gasteiger partial charge in [-0.2, -0.15) is 0 Å². The van der Waals surface area contributed by atoms with Crippen LogP contribution in [-0.2, 0) is 9.59 Å². The molecule has 1 aliphatic carbocycles. The quantitative estimate of drug-likeness (QED) is 0.379. The zero-order chi connectivity index (χ0) is 20.1. The van der Waals surface area contributed by atoms with Crippen molar-refractivity contribution in [2.75, 3.05) is 16.0 Å². The molecule has 2 aromatic rings. The molecule has 2 amide bonds. The van der Waals surface area contributed by atoms with Crippen molar-refractivity contribution >= 4 is 51.5 Å². The minimum absolute atomic E-state index is 0.0289. The molecule has 3 rings (SSSR count). The molecule has 0 unspecified atom stereocenters. The molecule has 0 atom stereocenters. The zero-order valence-electron chi connectivity index (χ0n) is 15.8. The van der Waals surface area contributed by atoms with Crippen LogP contribution in [0, 0.1) is 0 Å². The minimum atomic E-state index is -0.0662. The summed E-state index contributed by atoms with van der Waals surface area (Å²) < 4.78 is 0.671. The molecule has 0 bridgehead atoms. The first-order valence-electron chi connectivity index (χ1n) is 9.23. The Balaban J connectivity index is 1.57. The van der Waals surface area contributed by atoms with Crippen LogP contribution < -0.4 is 10.2 Å². The molecule has 148 valence electrons. The zero-order valence-corrected chi connectivity index (χ0v) is 17.4. The SMILES string of the molecule is CCC(=O)Nc1ccc(C(=O)CSc2nnc(N(C(=O)CC)C3CC3)s2)cc1. The van der Waals surface area contributed by atoms with Crippen LogP contribution in [0.1, 0.15) is 49.9 Å². The van der Waals surface area contributed by atoms with Gasteiger partial charge >= 0.3 is 0 Å². The highest BCUT2D eigenvalue weighted by Crippen LogP contribution is 2.36. The number of carbonyl (C=O) groups is 3. The van der Waals surface area contributed by atoms with E-state index in [0.717, 1.165) is 12.8 Å². The number of hydrogen-bond acceptors (Lipinski definition) is 7. The van der Waals surface area contributed by atoms with Crippen molar-refractivity contribution < 1.29 is 14.4 Å². The summed E-state index contributed by atoms with van der Waals surface area (Å²) in [6, 6.07) is 7.09. The average Bonchev–Trinajstić information content (AvgIpc) is 3.43. The standard InChI is InChI=1S/C19H22N4O3S2/c1-3-16(25)20-13-7-5-12(6-8-13)15(24)11-27-19-22-21-18(28-19)23(14-9-10-14)17(26)4-2/h5-8,14H,3-4,9-11H2,1-2H3,(H,20,25). The van der Waals surface area contributed by atoms with Crippen molar-refractivity contribution in [3.63, 3.8) is 0 Å². The van der Waals surface area contributed by atoms with E-state index < -0.39 is 0 Å². The van der Waals surface area contributed by atoms with Gasteiger partial charge in [0, 0.05) is 30.1 Å². The maximum Gasteiger partial charge on any atom is 0.228 e.